The van der Waals surface area contributed by atoms with Crippen LogP contribution >= 0.6 is 11.8 Å². The van der Waals surface area contributed by atoms with E-state index in [1.54, 1.807) is 16.7 Å². The highest BCUT2D eigenvalue weighted by molar-refractivity contribution is 8.01. The highest BCUT2D eigenvalue weighted by Gasteiger charge is 2.52. The van der Waals surface area contributed by atoms with Gasteiger partial charge >= 0.3 is 0 Å². The fraction of sp³-hybridized carbons (Fsp3) is 0.667. The minimum atomic E-state index is -3.04. The second-order valence-electron chi connectivity index (χ2n) is 6.07. The molecule has 0 radical (unpaired) electrons. The zero-order valence-electron chi connectivity index (χ0n) is 12.8. The van der Waals surface area contributed by atoms with Gasteiger partial charge in [0, 0.05) is 36.0 Å². The summed E-state index contributed by atoms with van der Waals surface area (Å²) in [5.74, 6) is 1.21. The summed E-state index contributed by atoms with van der Waals surface area (Å²) in [7, 11) is -3.04. The average molecular weight is 342 g/mol. The van der Waals surface area contributed by atoms with Crippen molar-refractivity contribution in [3.05, 3.63) is 30.1 Å². The van der Waals surface area contributed by atoms with Crippen molar-refractivity contribution >= 4 is 21.8 Å². The maximum absolute atomic E-state index is 12.0. The SMILES string of the molecule is CCCS(=O)(=O)N1CC2(CC(OCc3ccncc3)CS2)C1. The van der Waals surface area contributed by atoms with E-state index in [2.05, 4.69) is 4.98 Å². The topological polar surface area (TPSA) is 59.5 Å². The van der Waals surface area contributed by atoms with Crippen LogP contribution in [0.4, 0.5) is 0 Å². The Morgan fingerprint density at radius 3 is 2.82 bits per heavy atom. The van der Waals surface area contributed by atoms with Gasteiger partial charge in [-0.1, -0.05) is 6.92 Å². The monoisotopic (exact) mass is 342 g/mol. The van der Waals surface area contributed by atoms with Crippen molar-refractivity contribution < 1.29 is 13.2 Å². The van der Waals surface area contributed by atoms with Crippen LogP contribution < -0.4 is 0 Å². The lowest BCUT2D eigenvalue weighted by Gasteiger charge is -2.46. The molecule has 0 N–H and O–H groups in total. The Hall–Kier alpha value is -0.630. The van der Waals surface area contributed by atoms with E-state index in [0.29, 0.717) is 26.1 Å². The fourth-order valence-corrected chi connectivity index (χ4v) is 6.38. The summed E-state index contributed by atoms with van der Waals surface area (Å²) in [6.45, 7) is 3.80. The highest BCUT2D eigenvalue weighted by atomic mass is 32.2. The molecular weight excluding hydrogens is 320 g/mol. The number of ether oxygens (including phenoxy) is 1. The molecule has 1 aromatic heterocycles. The minimum absolute atomic E-state index is 0.0870. The lowest BCUT2D eigenvalue weighted by atomic mass is 9.95. The molecule has 0 saturated carbocycles. The van der Waals surface area contributed by atoms with Crippen LogP contribution in [0.15, 0.2) is 24.5 Å². The summed E-state index contributed by atoms with van der Waals surface area (Å²) in [6.07, 6.45) is 5.38. The Morgan fingerprint density at radius 1 is 1.41 bits per heavy atom. The van der Waals surface area contributed by atoms with Crippen molar-refractivity contribution in [2.24, 2.45) is 0 Å². The predicted octanol–water partition coefficient (Wildman–Crippen LogP) is 1.90. The first kappa shape index (κ1) is 16.2. The maximum Gasteiger partial charge on any atom is 0.214 e. The normalized spacial score (nSPS) is 24.5. The molecule has 122 valence electrons. The lowest BCUT2D eigenvalue weighted by molar-refractivity contribution is 0.0397. The first-order valence-electron chi connectivity index (χ1n) is 7.65. The molecule has 0 aromatic carbocycles. The molecule has 1 spiro atoms. The number of hydrogen-bond acceptors (Lipinski definition) is 5. The Labute approximate surface area is 136 Å². The molecule has 0 amide bonds. The zero-order valence-corrected chi connectivity index (χ0v) is 14.4. The smallest absolute Gasteiger partial charge is 0.214 e. The van der Waals surface area contributed by atoms with Crippen molar-refractivity contribution in [1.29, 1.82) is 0 Å². The second-order valence-corrected chi connectivity index (χ2v) is 9.65. The van der Waals surface area contributed by atoms with E-state index in [-0.39, 0.29) is 16.6 Å². The number of pyridine rings is 1. The van der Waals surface area contributed by atoms with Crippen LogP contribution in [-0.4, -0.2) is 53.2 Å². The molecular formula is C15H22N2O3S2. The second kappa shape index (κ2) is 6.47. The van der Waals surface area contributed by atoms with Crippen LogP contribution in [0.5, 0.6) is 0 Å². The Morgan fingerprint density at radius 2 is 2.14 bits per heavy atom. The van der Waals surface area contributed by atoms with Gasteiger partial charge in [-0.25, -0.2) is 8.42 Å². The van der Waals surface area contributed by atoms with E-state index < -0.39 is 10.0 Å². The minimum Gasteiger partial charge on any atom is -0.373 e. The molecule has 7 heteroatoms. The average Bonchev–Trinajstić information content (AvgIpc) is 2.89. The van der Waals surface area contributed by atoms with Gasteiger partial charge in [-0.15, -0.1) is 11.8 Å². The van der Waals surface area contributed by atoms with E-state index in [9.17, 15) is 8.42 Å². The van der Waals surface area contributed by atoms with Gasteiger partial charge in [-0.2, -0.15) is 4.31 Å². The number of rotatable bonds is 6. The van der Waals surface area contributed by atoms with Crippen LogP contribution in [-0.2, 0) is 21.4 Å². The number of hydrogen-bond donors (Lipinski definition) is 0. The van der Waals surface area contributed by atoms with Crippen molar-refractivity contribution in [2.45, 2.75) is 37.2 Å². The van der Waals surface area contributed by atoms with Gasteiger partial charge in [0.15, 0.2) is 0 Å². The molecule has 3 rings (SSSR count). The van der Waals surface area contributed by atoms with Gasteiger partial charge < -0.3 is 4.74 Å². The largest absolute Gasteiger partial charge is 0.373 e. The van der Waals surface area contributed by atoms with E-state index in [4.69, 9.17) is 4.74 Å². The Kier molecular flexibility index (Phi) is 4.77. The molecule has 1 unspecified atom stereocenters. The van der Waals surface area contributed by atoms with Crippen molar-refractivity contribution in [1.82, 2.24) is 9.29 Å². The molecule has 5 nitrogen and oxygen atoms in total. The van der Waals surface area contributed by atoms with Gasteiger partial charge in [-0.05, 0) is 30.5 Å². The van der Waals surface area contributed by atoms with Gasteiger partial charge in [0.1, 0.15) is 0 Å². The van der Waals surface area contributed by atoms with Gasteiger partial charge in [0.2, 0.25) is 10.0 Å². The summed E-state index contributed by atoms with van der Waals surface area (Å²) in [5, 5.41) is 0. The van der Waals surface area contributed by atoms with Crippen LogP contribution in [0, 0.1) is 0 Å². The van der Waals surface area contributed by atoms with Gasteiger partial charge in [0.05, 0.1) is 18.5 Å². The first-order valence-corrected chi connectivity index (χ1v) is 10.2. The van der Waals surface area contributed by atoms with E-state index >= 15 is 0 Å². The van der Waals surface area contributed by atoms with E-state index in [0.717, 1.165) is 17.7 Å². The summed E-state index contributed by atoms with van der Waals surface area (Å²) < 4.78 is 31.7. The van der Waals surface area contributed by atoms with Crippen molar-refractivity contribution in [3.8, 4) is 0 Å². The number of thioether (sulfide) groups is 1. The summed E-state index contributed by atoms with van der Waals surface area (Å²) in [5.41, 5.74) is 1.13. The molecule has 22 heavy (non-hydrogen) atoms. The summed E-state index contributed by atoms with van der Waals surface area (Å²) in [6, 6.07) is 3.92. The predicted molar refractivity (Wildman–Crippen MR) is 88.3 cm³/mol. The van der Waals surface area contributed by atoms with Crippen molar-refractivity contribution in [2.75, 3.05) is 24.6 Å². The van der Waals surface area contributed by atoms with Crippen LogP contribution in [0.1, 0.15) is 25.3 Å². The van der Waals surface area contributed by atoms with Crippen LogP contribution in [0.2, 0.25) is 0 Å². The third kappa shape index (κ3) is 3.48. The fourth-order valence-electron chi connectivity index (χ4n) is 3.00. The number of nitrogens with zero attached hydrogens (tertiary/aromatic N) is 2. The molecule has 1 aromatic rings. The summed E-state index contributed by atoms with van der Waals surface area (Å²) >= 11 is 1.87. The first-order chi connectivity index (χ1) is 10.5. The Balaban J connectivity index is 1.48. The molecule has 0 bridgehead atoms. The van der Waals surface area contributed by atoms with Crippen molar-refractivity contribution in [3.63, 3.8) is 0 Å². The Bertz CT molecular complexity index is 600. The summed E-state index contributed by atoms with van der Waals surface area (Å²) in [4.78, 5) is 3.99. The molecule has 2 aliphatic heterocycles. The number of sulfonamides is 1. The lowest BCUT2D eigenvalue weighted by Crippen LogP contribution is -2.61. The van der Waals surface area contributed by atoms with E-state index in [1.165, 1.54) is 0 Å². The number of aromatic nitrogens is 1. The maximum atomic E-state index is 12.0. The van der Waals surface area contributed by atoms with Crippen LogP contribution in [0.25, 0.3) is 0 Å². The third-order valence-electron chi connectivity index (χ3n) is 4.19. The quantitative estimate of drug-likeness (QED) is 0.790. The van der Waals surface area contributed by atoms with Gasteiger partial charge in [-0.3, -0.25) is 4.98 Å². The molecule has 2 aliphatic rings. The molecule has 1 atom stereocenters. The van der Waals surface area contributed by atoms with E-state index in [1.807, 2.05) is 30.8 Å². The molecule has 3 heterocycles. The van der Waals surface area contributed by atoms with Gasteiger partial charge in [0.25, 0.3) is 0 Å². The molecule has 2 saturated heterocycles. The highest BCUT2D eigenvalue weighted by Crippen LogP contribution is 2.47. The molecule has 2 fully saturated rings. The standard InChI is InChI=1S/C15H22N2O3S2/c1-2-7-22(18,19)17-11-15(12-17)8-14(10-21-15)20-9-13-3-5-16-6-4-13/h3-6,14H,2,7-12H2,1H3. The third-order valence-corrected chi connectivity index (χ3v) is 7.74. The zero-order chi connectivity index (χ0) is 15.6. The molecule has 0 aliphatic carbocycles. The van der Waals surface area contributed by atoms with Crippen LogP contribution in [0.3, 0.4) is 0 Å².